The molecule has 23 nitrogen and oxygen atoms in total. The molecule has 0 spiro atoms. The SMILES string of the molecule is CC.CC.CC.CC.CC.CC.CC.CC(C)C1=NCCON1.CC(C)C1=NOCCO1.CC(C)C1=NOCCS1.CC(C)C1CCN=CN1.CC(C)C1CN=CNC1.CC(C)C1COC=NO1.CC(C)C1CON=CO1.CC1ON=C(C(C)C)O1.CC1ON=C(C(C)C)S1. The fourth-order valence-electron chi connectivity index (χ4n) is 6.27. The Balaban J connectivity index is -0.000000179. The molecule has 3 N–H and O–H groups in total. The Labute approximate surface area is 591 Å². The highest BCUT2D eigenvalue weighted by molar-refractivity contribution is 8.14. The molecule has 0 fully saturated rings. The molecule has 0 aliphatic carbocycles. The highest BCUT2D eigenvalue weighted by Crippen LogP contribution is 2.26. The van der Waals surface area contributed by atoms with E-state index in [1.54, 1.807) is 29.9 Å². The molecule has 0 aromatic carbocycles. The minimum Gasteiger partial charge on any atom is -0.477 e. The van der Waals surface area contributed by atoms with E-state index in [0.717, 1.165) is 72.2 Å². The molecular weight excluding hydrogens is 1250 g/mol. The van der Waals surface area contributed by atoms with Crippen LogP contribution in [-0.4, -0.2) is 155 Å². The van der Waals surface area contributed by atoms with Gasteiger partial charge in [0.1, 0.15) is 41.8 Å². The summed E-state index contributed by atoms with van der Waals surface area (Å²) >= 11 is 3.50. The van der Waals surface area contributed by atoms with Crippen molar-refractivity contribution < 1.29 is 52.8 Å². The van der Waals surface area contributed by atoms with Crippen molar-refractivity contribution in [1.82, 2.24) is 16.1 Å². The zero-order valence-corrected chi connectivity index (χ0v) is 68.4. The van der Waals surface area contributed by atoms with Crippen molar-refractivity contribution >= 4 is 76.7 Å². The van der Waals surface area contributed by atoms with Gasteiger partial charge < -0.3 is 58.6 Å². The van der Waals surface area contributed by atoms with Crippen molar-refractivity contribution in [2.24, 2.45) is 105 Å². The minimum absolute atomic E-state index is 0.134. The van der Waals surface area contributed by atoms with Crippen LogP contribution in [-0.2, 0) is 52.8 Å². The van der Waals surface area contributed by atoms with Crippen LogP contribution >= 0.6 is 23.5 Å². The van der Waals surface area contributed by atoms with Gasteiger partial charge in [-0.1, -0.05) is 259 Å². The minimum atomic E-state index is -0.192. The van der Waals surface area contributed by atoms with Crippen molar-refractivity contribution in [3.8, 4) is 0 Å². The zero-order chi connectivity index (χ0) is 74.5. The van der Waals surface area contributed by atoms with Gasteiger partial charge in [0.15, 0.2) is 24.8 Å². The Morgan fingerprint density at radius 3 is 1.37 bits per heavy atom. The molecule has 9 aliphatic heterocycles. The summed E-state index contributed by atoms with van der Waals surface area (Å²) in [5, 5.41) is 30.8. The quantitative estimate of drug-likeness (QED) is 0.194. The summed E-state index contributed by atoms with van der Waals surface area (Å²) in [5.74, 6) is 8.78. The van der Waals surface area contributed by atoms with Gasteiger partial charge in [-0.3, -0.25) is 25.3 Å². The summed E-state index contributed by atoms with van der Waals surface area (Å²) < 4.78 is 20.4. The van der Waals surface area contributed by atoms with Gasteiger partial charge in [-0.15, -0.1) is 11.8 Å². The van der Waals surface area contributed by atoms with E-state index in [-0.39, 0.29) is 23.9 Å². The third kappa shape index (κ3) is 61.2. The van der Waals surface area contributed by atoms with Crippen LogP contribution in [0.25, 0.3) is 0 Å². The summed E-state index contributed by atoms with van der Waals surface area (Å²) in [4.78, 5) is 46.6. The Morgan fingerprint density at radius 1 is 0.505 bits per heavy atom. The number of hydrogen-bond acceptors (Lipinski definition) is 25. The molecule has 0 amide bonds. The molecule has 9 aliphatic rings. The number of thioether (sulfide) groups is 2. The molecular formula is C70H148N12O11S2. The molecule has 9 rings (SSSR count). The van der Waals surface area contributed by atoms with Gasteiger partial charge in [-0.2, -0.15) is 0 Å². The average Bonchev–Trinajstić information content (AvgIpc) is 2.75. The fraction of sp³-hybridized carbons (Fsp3) is 0.871. The first-order chi connectivity index (χ1) is 45.5. The normalized spacial score (nSPS) is 20.5. The highest BCUT2D eigenvalue weighted by Gasteiger charge is 2.21. The van der Waals surface area contributed by atoms with Crippen LogP contribution in [0.15, 0.2) is 45.9 Å². The number of aliphatic imine (C=N–C) groups is 3. The molecule has 566 valence electrons. The van der Waals surface area contributed by atoms with Crippen molar-refractivity contribution in [3.63, 3.8) is 0 Å². The number of oxime groups is 6. The lowest BCUT2D eigenvalue weighted by molar-refractivity contribution is -0.0331. The highest BCUT2D eigenvalue weighted by atomic mass is 32.2. The summed E-state index contributed by atoms with van der Waals surface area (Å²) in [5.41, 5.74) is 2.99. The van der Waals surface area contributed by atoms with Crippen molar-refractivity contribution in [2.45, 2.75) is 272 Å². The Hall–Kier alpha value is -4.91. The first-order valence-corrected chi connectivity index (χ1v) is 37.8. The number of nitrogens with one attached hydrogen (secondary N) is 3. The maximum absolute atomic E-state index is 5.16. The lowest BCUT2D eigenvalue weighted by atomic mass is 9.95. The molecule has 0 aromatic heterocycles. The van der Waals surface area contributed by atoms with Crippen LogP contribution in [0.2, 0.25) is 0 Å². The molecule has 25 heteroatoms. The van der Waals surface area contributed by atoms with E-state index in [0.29, 0.717) is 92.3 Å². The van der Waals surface area contributed by atoms with Gasteiger partial charge in [0, 0.05) is 67.9 Å². The van der Waals surface area contributed by atoms with Crippen molar-refractivity contribution in [3.05, 3.63) is 0 Å². The predicted octanol–water partition coefficient (Wildman–Crippen LogP) is 17.8. The average molecular weight is 1400 g/mol. The lowest BCUT2D eigenvalue weighted by Crippen LogP contribution is -2.36. The number of hydroxylamine groups is 1. The number of hydrogen-bond donors (Lipinski definition) is 3. The van der Waals surface area contributed by atoms with Crippen LogP contribution in [0.3, 0.4) is 0 Å². The topological polar surface area (TPSA) is 249 Å². The third-order valence-electron chi connectivity index (χ3n) is 11.7. The van der Waals surface area contributed by atoms with Crippen molar-refractivity contribution in [2.75, 3.05) is 71.6 Å². The first kappa shape index (κ1) is 104. The number of rotatable bonds is 9. The maximum Gasteiger partial charge on any atom is 0.264 e. The van der Waals surface area contributed by atoms with Gasteiger partial charge in [0.25, 0.3) is 6.29 Å². The largest absolute Gasteiger partial charge is 0.477 e. The molecule has 95 heavy (non-hydrogen) atoms. The smallest absolute Gasteiger partial charge is 0.264 e. The number of nitrogens with zero attached hydrogens (tertiary/aromatic N) is 9. The third-order valence-corrected chi connectivity index (χ3v) is 14.2. The molecule has 9 heterocycles. The van der Waals surface area contributed by atoms with Gasteiger partial charge in [-0.25, -0.2) is 0 Å². The Bertz CT molecular complexity index is 1710. The van der Waals surface area contributed by atoms with Crippen LogP contribution in [0, 0.1) is 59.2 Å². The second-order valence-corrected chi connectivity index (χ2v) is 24.7. The number of amidine groups is 1. The van der Waals surface area contributed by atoms with E-state index in [1.807, 2.05) is 145 Å². The standard InChI is InChI=1S/2C7H14N2.C6H12N2O.4C6H11NO2.2C6H11NOS.7C2H6/c1-6(2)7-3-8-5-9-4-7;1-6(2)7-3-4-8-5-9-7;1-5(2)6-7-3-4-9-8-6;1-5(2)6-3-9-7-4-8-6;1-5(2)6-3-8-4-7-9-6;1-5(2)6-7-9-4-3-8-6;1-4(2)6-7-9-5(3)8-6;1-5(2)6-7-8-3-4-9-6;1-4(2)6-7-8-5(3)9-6;7*1-2/h2*5-7H,3-4H2,1-2H3,(H,8,9);5H,3-4H2,1-2H3,(H,7,8);2*4-6H,3H2,1-2H3;5H,3-4H2,1-2H3;4-5H,1-3H3;5H,3-4H2,1-2H3;4-5H,1-3H3;7*1-2H3. The zero-order valence-electron chi connectivity index (χ0n) is 66.8. The number of ether oxygens (including phenoxy) is 4. The Morgan fingerprint density at radius 2 is 1.11 bits per heavy atom. The van der Waals surface area contributed by atoms with Crippen LogP contribution in [0.5, 0.6) is 0 Å². The summed E-state index contributed by atoms with van der Waals surface area (Å²) in [7, 11) is 0. The Kier molecular flexibility index (Phi) is 81.6. The lowest BCUT2D eigenvalue weighted by Gasteiger charge is -2.22. The monoisotopic (exact) mass is 1400 g/mol. The second kappa shape index (κ2) is 74.9. The van der Waals surface area contributed by atoms with Gasteiger partial charge in [-0.05, 0) is 48.1 Å². The molecule has 0 bridgehead atoms. The summed E-state index contributed by atoms with van der Waals surface area (Å²) in [6, 6.07) is 0.655. The summed E-state index contributed by atoms with van der Waals surface area (Å²) in [6.07, 6.45) is 7.63. The van der Waals surface area contributed by atoms with E-state index in [2.05, 4.69) is 159 Å². The van der Waals surface area contributed by atoms with E-state index in [1.165, 1.54) is 19.2 Å². The van der Waals surface area contributed by atoms with E-state index in [9.17, 15) is 0 Å². The molecule has 0 radical (unpaired) electrons. The second-order valence-electron chi connectivity index (χ2n) is 22.3. The van der Waals surface area contributed by atoms with Crippen LogP contribution < -0.4 is 16.1 Å². The molecule has 0 saturated carbocycles. The van der Waals surface area contributed by atoms with E-state index < -0.39 is 0 Å². The van der Waals surface area contributed by atoms with Gasteiger partial charge in [0.2, 0.25) is 24.6 Å². The molecule has 6 unspecified atom stereocenters. The van der Waals surface area contributed by atoms with Gasteiger partial charge >= 0.3 is 0 Å². The summed E-state index contributed by atoms with van der Waals surface area (Å²) in [6.45, 7) is 77.6. The maximum atomic E-state index is 5.16. The molecule has 0 saturated heterocycles. The predicted molar refractivity (Wildman–Crippen MR) is 413 cm³/mol. The van der Waals surface area contributed by atoms with E-state index in [4.69, 9.17) is 52.8 Å². The van der Waals surface area contributed by atoms with Crippen LogP contribution in [0.4, 0.5) is 0 Å². The van der Waals surface area contributed by atoms with E-state index >= 15 is 0 Å². The molecule has 6 atom stereocenters. The first-order valence-electron chi connectivity index (χ1n) is 36.0. The molecule has 0 aromatic rings. The fourth-order valence-corrected chi connectivity index (χ4v) is 7.86. The van der Waals surface area contributed by atoms with Crippen LogP contribution in [0.1, 0.15) is 242 Å². The van der Waals surface area contributed by atoms with Crippen molar-refractivity contribution in [1.29, 1.82) is 0 Å². The van der Waals surface area contributed by atoms with Gasteiger partial charge in [0.05, 0.1) is 25.8 Å².